The number of hydrogen-bond acceptors (Lipinski definition) is 1. The molecule has 0 aliphatic carbocycles. The predicted octanol–water partition coefficient (Wildman–Crippen LogP) is 6.65. The van der Waals surface area contributed by atoms with Gasteiger partial charge in [0.15, 0.2) is 0 Å². The van der Waals surface area contributed by atoms with Crippen molar-refractivity contribution in [2.75, 3.05) is 0 Å². The number of benzene rings is 2. The van der Waals surface area contributed by atoms with Crippen LogP contribution in [0.15, 0.2) is 48.5 Å². The van der Waals surface area contributed by atoms with Crippen molar-refractivity contribution >= 4 is 23.2 Å². The van der Waals surface area contributed by atoms with Gasteiger partial charge in [0.1, 0.15) is 0 Å². The van der Waals surface area contributed by atoms with Crippen LogP contribution in [0, 0.1) is 20.8 Å². The zero-order valence-electron chi connectivity index (χ0n) is 13.3. The summed E-state index contributed by atoms with van der Waals surface area (Å²) < 4.78 is 0. The molecule has 0 fully saturated rings. The van der Waals surface area contributed by atoms with Crippen LogP contribution in [0.4, 0.5) is 0 Å². The van der Waals surface area contributed by atoms with Gasteiger partial charge in [-0.05, 0) is 61.7 Å². The molecule has 3 aromatic rings. The number of hydrogen-bond donors (Lipinski definition) is 0. The lowest BCUT2D eigenvalue weighted by atomic mass is 9.95. The average molecular weight is 342 g/mol. The fourth-order valence-electron chi connectivity index (χ4n) is 2.69. The van der Waals surface area contributed by atoms with Crippen molar-refractivity contribution in [3.05, 3.63) is 75.3 Å². The Balaban J connectivity index is 2.22. The summed E-state index contributed by atoms with van der Waals surface area (Å²) in [5, 5.41) is 1.46. The minimum absolute atomic E-state index is 0.730. The minimum atomic E-state index is 0.730. The molecule has 1 heterocycles. The van der Waals surface area contributed by atoms with Crippen LogP contribution in [0.2, 0.25) is 10.0 Å². The summed E-state index contributed by atoms with van der Waals surface area (Å²) in [5.41, 5.74) is 7.79. The van der Waals surface area contributed by atoms with Crippen LogP contribution in [0.5, 0.6) is 0 Å². The van der Waals surface area contributed by atoms with Gasteiger partial charge in [0.05, 0.1) is 11.4 Å². The SMILES string of the molecule is Cc1c(-c2ccc(Cl)cc2)nc(-c2ccc(Cl)cc2)c(C)c1C. The molecule has 116 valence electrons. The van der Waals surface area contributed by atoms with Crippen LogP contribution >= 0.6 is 23.2 Å². The lowest BCUT2D eigenvalue weighted by molar-refractivity contribution is 1.17. The van der Waals surface area contributed by atoms with Crippen LogP contribution in [0.1, 0.15) is 16.7 Å². The van der Waals surface area contributed by atoms with Crippen LogP contribution in [0.3, 0.4) is 0 Å². The van der Waals surface area contributed by atoms with E-state index in [4.69, 9.17) is 28.2 Å². The molecule has 0 bridgehead atoms. The zero-order chi connectivity index (χ0) is 16.6. The lowest BCUT2D eigenvalue weighted by Crippen LogP contribution is -1.99. The molecule has 0 aliphatic heterocycles. The zero-order valence-corrected chi connectivity index (χ0v) is 14.8. The molecule has 0 amide bonds. The first-order valence-corrected chi connectivity index (χ1v) is 8.22. The molecule has 0 radical (unpaired) electrons. The van der Waals surface area contributed by atoms with E-state index >= 15 is 0 Å². The highest BCUT2D eigenvalue weighted by Crippen LogP contribution is 2.32. The summed E-state index contributed by atoms with van der Waals surface area (Å²) in [7, 11) is 0. The molecule has 0 aliphatic rings. The number of rotatable bonds is 2. The average Bonchev–Trinajstić information content (AvgIpc) is 2.55. The Morgan fingerprint density at radius 2 is 0.913 bits per heavy atom. The van der Waals surface area contributed by atoms with Crippen molar-refractivity contribution in [1.29, 1.82) is 0 Å². The molecule has 3 rings (SSSR count). The number of pyridine rings is 1. The fourth-order valence-corrected chi connectivity index (χ4v) is 2.95. The summed E-state index contributed by atoms with van der Waals surface area (Å²) in [5.74, 6) is 0. The maximum atomic E-state index is 6.00. The maximum Gasteiger partial charge on any atom is 0.0741 e. The molecule has 0 atom stereocenters. The van der Waals surface area contributed by atoms with Gasteiger partial charge in [0.2, 0.25) is 0 Å². The maximum absolute atomic E-state index is 6.00. The first kappa shape index (κ1) is 16.0. The second kappa shape index (κ2) is 6.35. The summed E-state index contributed by atoms with van der Waals surface area (Å²) in [6.07, 6.45) is 0. The monoisotopic (exact) mass is 341 g/mol. The van der Waals surface area contributed by atoms with Gasteiger partial charge in [-0.15, -0.1) is 0 Å². The molecule has 23 heavy (non-hydrogen) atoms. The van der Waals surface area contributed by atoms with Crippen molar-refractivity contribution in [1.82, 2.24) is 4.98 Å². The quantitative estimate of drug-likeness (QED) is 0.508. The Morgan fingerprint density at radius 1 is 0.565 bits per heavy atom. The first-order chi connectivity index (χ1) is 11.0. The summed E-state index contributed by atoms with van der Waals surface area (Å²) in [4.78, 5) is 4.95. The van der Waals surface area contributed by atoms with Gasteiger partial charge in [-0.2, -0.15) is 0 Å². The minimum Gasteiger partial charge on any atom is -0.247 e. The van der Waals surface area contributed by atoms with E-state index in [-0.39, 0.29) is 0 Å². The molecule has 0 saturated carbocycles. The molecule has 1 nitrogen and oxygen atoms in total. The third-order valence-corrected chi connectivity index (χ3v) is 4.80. The molecule has 0 unspecified atom stereocenters. The highest BCUT2D eigenvalue weighted by Gasteiger charge is 2.14. The van der Waals surface area contributed by atoms with Crippen molar-refractivity contribution < 1.29 is 0 Å². The van der Waals surface area contributed by atoms with Crippen molar-refractivity contribution in [3.63, 3.8) is 0 Å². The van der Waals surface area contributed by atoms with E-state index < -0.39 is 0 Å². The van der Waals surface area contributed by atoms with E-state index in [1.807, 2.05) is 48.5 Å². The van der Waals surface area contributed by atoms with Crippen molar-refractivity contribution in [2.45, 2.75) is 20.8 Å². The number of nitrogens with zero attached hydrogens (tertiary/aromatic N) is 1. The predicted molar refractivity (Wildman–Crippen MR) is 99.3 cm³/mol. The number of halogens is 2. The Kier molecular flexibility index (Phi) is 4.43. The van der Waals surface area contributed by atoms with Crippen LogP contribution in [0.25, 0.3) is 22.5 Å². The highest BCUT2D eigenvalue weighted by atomic mass is 35.5. The second-order valence-electron chi connectivity index (χ2n) is 5.70. The van der Waals surface area contributed by atoms with E-state index in [0.717, 1.165) is 32.6 Å². The normalized spacial score (nSPS) is 10.8. The van der Waals surface area contributed by atoms with Gasteiger partial charge >= 0.3 is 0 Å². The summed E-state index contributed by atoms with van der Waals surface area (Å²) in [6, 6.07) is 15.6. The largest absolute Gasteiger partial charge is 0.247 e. The van der Waals surface area contributed by atoms with E-state index in [0.29, 0.717) is 0 Å². The lowest BCUT2D eigenvalue weighted by Gasteiger charge is -2.16. The molecule has 1 aromatic heterocycles. The van der Waals surface area contributed by atoms with E-state index in [1.165, 1.54) is 16.7 Å². The first-order valence-electron chi connectivity index (χ1n) is 7.47. The molecule has 2 aromatic carbocycles. The second-order valence-corrected chi connectivity index (χ2v) is 6.57. The summed E-state index contributed by atoms with van der Waals surface area (Å²) >= 11 is 12.0. The third-order valence-electron chi connectivity index (χ3n) is 4.29. The van der Waals surface area contributed by atoms with Gasteiger partial charge in [0, 0.05) is 21.2 Å². The molecular weight excluding hydrogens is 325 g/mol. The molecule has 0 spiro atoms. The van der Waals surface area contributed by atoms with Gasteiger partial charge in [-0.3, -0.25) is 0 Å². The van der Waals surface area contributed by atoms with E-state index in [2.05, 4.69) is 20.8 Å². The molecular formula is C20H17Cl2N. The Morgan fingerprint density at radius 3 is 1.26 bits per heavy atom. The van der Waals surface area contributed by atoms with Crippen LogP contribution in [-0.2, 0) is 0 Å². The Labute approximate surface area is 146 Å². The van der Waals surface area contributed by atoms with Crippen molar-refractivity contribution in [2.24, 2.45) is 0 Å². The van der Waals surface area contributed by atoms with Gasteiger partial charge < -0.3 is 0 Å². The van der Waals surface area contributed by atoms with Crippen LogP contribution in [-0.4, -0.2) is 4.98 Å². The fraction of sp³-hybridized carbons (Fsp3) is 0.150. The molecule has 0 saturated heterocycles. The molecule has 0 N–H and O–H groups in total. The van der Waals surface area contributed by atoms with Gasteiger partial charge in [0.25, 0.3) is 0 Å². The summed E-state index contributed by atoms with van der Waals surface area (Å²) in [6.45, 7) is 6.38. The third kappa shape index (κ3) is 3.12. The Hall–Kier alpha value is -1.83. The smallest absolute Gasteiger partial charge is 0.0741 e. The standard InChI is InChI=1S/C20H17Cl2N/c1-12-13(2)19(15-4-8-17(21)9-5-15)23-20(14(12)3)16-6-10-18(22)11-7-16/h4-11H,1-3H3. The van der Waals surface area contributed by atoms with Crippen molar-refractivity contribution in [3.8, 4) is 22.5 Å². The van der Waals surface area contributed by atoms with E-state index in [9.17, 15) is 0 Å². The van der Waals surface area contributed by atoms with E-state index in [1.54, 1.807) is 0 Å². The van der Waals surface area contributed by atoms with Gasteiger partial charge in [-0.1, -0.05) is 47.5 Å². The van der Waals surface area contributed by atoms with Crippen LogP contribution < -0.4 is 0 Å². The Bertz CT molecular complexity index is 781. The number of aromatic nitrogens is 1. The molecule has 3 heteroatoms. The highest BCUT2D eigenvalue weighted by molar-refractivity contribution is 6.30. The van der Waals surface area contributed by atoms with Gasteiger partial charge in [-0.25, -0.2) is 4.98 Å². The topological polar surface area (TPSA) is 12.9 Å².